The zero-order valence-electron chi connectivity index (χ0n) is 14.9. The SMILES string of the molecule is CCc1[nH]c(C(=O)NC2CCN(C(=O)OC(C)(C)C)CC2F)nc1Cl. The van der Waals surface area contributed by atoms with E-state index in [1.165, 1.54) is 4.90 Å². The summed E-state index contributed by atoms with van der Waals surface area (Å²) in [7, 11) is 0. The summed E-state index contributed by atoms with van der Waals surface area (Å²) in [6, 6.07) is -0.694. The number of nitrogens with one attached hydrogen (secondary N) is 2. The minimum Gasteiger partial charge on any atom is -0.444 e. The van der Waals surface area contributed by atoms with Crippen molar-refractivity contribution in [1.29, 1.82) is 0 Å². The second kappa shape index (κ2) is 7.59. The van der Waals surface area contributed by atoms with E-state index in [-0.39, 0.29) is 17.5 Å². The minimum atomic E-state index is -1.39. The highest BCUT2D eigenvalue weighted by atomic mass is 35.5. The Bertz CT molecular complexity index is 644. The molecule has 0 saturated carbocycles. The third-order valence-corrected chi connectivity index (χ3v) is 4.12. The molecule has 1 aliphatic rings. The van der Waals surface area contributed by atoms with Gasteiger partial charge in [0.15, 0.2) is 11.0 Å². The highest BCUT2D eigenvalue weighted by Gasteiger charge is 2.35. The maximum Gasteiger partial charge on any atom is 0.410 e. The molecule has 1 aromatic heterocycles. The van der Waals surface area contributed by atoms with Crippen LogP contribution in [-0.4, -0.2) is 57.8 Å². The fraction of sp³-hybridized carbons (Fsp3) is 0.688. The number of aromatic amines is 1. The van der Waals surface area contributed by atoms with Gasteiger partial charge in [0.1, 0.15) is 11.8 Å². The number of alkyl halides is 1. The Morgan fingerprint density at radius 1 is 1.48 bits per heavy atom. The molecule has 0 aromatic carbocycles. The van der Waals surface area contributed by atoms with Gasteiger partial charge in [-0.3, -0.25) is 4.79 Å². The van der Waals surface area contributed by atoms with Gasteiger partial charge >= 0.3 is 6.09 Å². The molecule has 140 valence electrons. The van der Waals surface area contributed by atoms with Crippen LogP contribution in [0, 0.1) is 0 Å². The van der Waals surface area contributed by atoms with Gasteiger partial charge < -0.3 is 19.9 Å². The molecule has 0 spiro atoms. The number of aryl methyl sites for hydroxylation is 1. The van der Waals surface area contributed by atoms with Crippen LogP contribution in [-0.2, 0) is 11.2 Å². The average Bonchev–Trinajstić information content (AvgIpc) is 2.88. The lowest BCUT2D eigenvalue weighted by atomic mass is 10.0. The number of amides is 2. The number of hydrogen-bond donors (Lipinski definition) is 2. The van der Waals surface area contributed by atoms with Crippen LogP contribution in [0.4, 0.5) is 9.18 Å². The molecular formula is C16H24ClFN4O3. The van der Waals surface area contributed by atoms with Crippen molar-refractivity contribution >= 4 is 23.6 Å². The van der Waals surface area contributed by atoms with E-state index in [0.29, 0.717) is 25.1 Å². The van der Waals surface area contributed by atoms with Crippen molar-refractivity contribution in [1.82, 2.24) is 20.2 Å². The highest BCUT2D eigenvalue weighted by molar-refractivity contribution is 6.30. The Morgan fingerprint density at radius 2 is 2.16 bits per heavy atom. The average molecular weight is 375 g/mol. The number of piperidine rings is 1. The van der Waals surface area contributed by atoms with Crippen molar-refractivity contribution in [3.63, 3.8) is 0 Å². The van der Waals surface area contributed by atoms with Crippen molar-refractivity contribution in [3.05, 3.63) is 16.7 Å². The Balaban J connectivity index is 1.92. The summed E-state index contributed by atoms with van der Waals surface area (Å²) in [4.78, 5) is 32.3. The number of ether oxygens (including phenoxy) is 1. The summed E-state index contributed by atoms with van der Waals surface area (Å²) in [6.45, 7) is 7.32. The molecule has 0 radical (unpaired) electrons. The van der Waals surface area contributed by atoms with E-state index in [1.807, 2.05) is 6.92 Å². The molecule has 1 saturated heterocycles. The first kappa shape index (κ1) is 19.5. The fourth-order valence-electron chi connectivity index (χ4n) is 2.53. The summed E-state index contributed by atoms with van der Waals surface area (Å²) in [6.07, 6.45) is -1.04. The summed E-state index contributed by atoms with van der Waals surface area (Å²) in [5.41, 5.74) is 0.0205. The van der Waals surface area contributed by atoms with Crippen molar-refractivity contribution in [2.24, 2.45) is 0 Å². The number of rotatable bonds is 3. The number of H-pyrrole nitrogens is 1. The van der Waals surface area contributed by atoms with Gasteiger partial charge in [-0.25, -0.2) is 14.2 Å². The topological polar surface area (TPSA) is 87.3 Å². The van der Waals surface area contributed by atoms with Gasteiger partial charge in [0.2, 0.25) is 0 Å². The molecule has 2 heterocycles. The quantitative estimate of drug-likeness (QED) is 0.851. The van der Waals surface area contributed by atoms with Gasteiger partial charge in [0, 0.05) is 6.54 Å². The minimum absolute atomic E-state index is 0.0589. The van der Waals surface area contributed by atoms with E-state index < -0.39 is 29.8 Å². The normalized spacial score (nSPS) is 21.1. The van der Waals surface area contributed by atoms with Crippen molar-refractivity contribution in [2.75, 3.05) is 13.1 Å². The van der Waals surface area contributed by atoms with Crippen LogP contribution < -0.4 is 5.32 Å². The fourth-order valence-corrected chi connectivity index (χ4v) is 2.79. The molecule has 25 heavy (non-hydrogen) atoms. The van der Waals surface area contributed by atoms with Crippen LogP contribution in [0.25, 0.3) is 0 Å². The standard InChI is InChI=1S/C16H24ClFN4O3/c1-5-10-12(17)21-13(19-10)14(23)20-11-6-7-22(8-9(11)18)15(24)25-16(2,3)4/h9,11H,5-8H2,1-4H3,(H,19,21)(H,20,23). The summed E-state index contributed by atoms with van der Waals surface area (Å²) >= 11 is 5.91. The molecule has 2 unspecified atom stereocenters. The predicted octanol–water partition coefficient (Wildman–Crippen LogP) is 2.70. The van der Waals surface area contributed by atoms with Crippen LogP contribution in [0.3, 0.4) is 0 Å². The van der Waals surface area contributed by atoms with E-state index in [0.717, 1.165) is 0 Å². The Kier molecular flexibility index (Phi) is 5.92. The van der Waals surface area contributed by atoms with E-state index in [4.69, 9.17) is 16.3 Å². The van der Waals surface area contributed by atoms with Gasteiger partial charge in [0.05, 0.1) is 18.3 Å². The molecule has 7 nitrogen and oxygen atoms in total. The number of aromatic nitrogens is 2. The van der Waals surface area contributed by atoms with Gasteiger partial charge in [-0.15, -0.1) is 0 Å². The highest BCUT2D eigenvalue weighted by Crippen LogP contribution is 2.19. The van der Waals surface area contributed by atoms with Gasteiger partial charge in [-0.1, -0.05) is 18.5 Å². The van der Waals surface area contributed by atoms with Crippen LogP contribution in [0.1, 0.15) is 50.4 Å². The first-order valence-electron chi connectivity index (χ1n) is 8.28. The van der Waals surface area contributed by atoms with Crippen LogP contribution in [0.5, 0.6) is 0 Å². The number of nitrogens with zero attached hydrogens (tertiary/aromatic N) is 2. The molecule has 0 aliphatic carbocycles. The van der Waals surface area contributed by atoms with E-state index in [1.54, 1.807) is 20.8 Å². The molecule has 0 bridgehead atoms. The number of carbonyl (C=O) groups is 2. The lowest BCUT2D eigenvalue weighted by Gasteiger charge is -2.35. The van der Waals surface area contributed by atoms with Gasteiger partial charge in [-0.2, -0.15) is 0 Å². The monoisotopic (exact) mass is 374 g/mol. The summed E-state index contributed by atoms with van der Waals surface area (Å²) in [5, 5.41) is 2.85. The second-order valence-electron chi connectivity index (χ2n) is 7.02. The molecule has 2 atom stereocenters. The zero-order valence-corrected chi connectivity index (χ0v) is 15.6. The van der Waals surface area contributed by atoms with E-state index in [2.05, 4.69) is 15.3 Å². The third-order valence-electron chi connectivity index (χ3n) is 3.81. The maximum absolute atomic E-state index is 14.4. The van der Waals surface area contributed by atoms with E-state index in [9.17, 15) is 14.0 Å². The first-order valence-corrected chi connectivity index (χ1v) is 8.65. The smallest absolute Gasteiger partial charge is 0.410 e. The zero-order chi connectivity index (χ0) is 18.8. The number of halogens is 2. The lowest BCUT2D eigenvalue weighted by Crippen LogP contribution is -2.54. The van der Waals surface area contributed by atoms with Gasteiger partial charge in [-0.05, 0) is 33.6 Å². The van der Waals surface area contributed by atoms with Crippen molar-refractivity contribution < 1.29 is 18.7 Å². The van der Waals surface area contributed by atoms with Crippen LogP contribution >= 0.6 is 11.6 Å². The molecule has 1 aromatic rings. The van der Waals surface area contributed by atoms with Crippen molar-refractivity contribution in [2.45, 2.75) is 58.4 Å². The predicted molar refractivity (Wildman–Crippen MR) is 91.5 cm³/mol. The first-order chi connectivity index (χ1) is 11.6. The van der Waals surface area contributed by atoms with Gasteiger partial charge in [0.25, 0.3) is 5.91 Å². The Hall–Kier alpha value is -1.83. The second-order valence-corrected chi connectivity index (χ2v) is 7.38. The van der Waals surface area contributed by atoms with Crippen molar-refractivity contribution in [3.8, 4) is 0 Å². The number of carbonyl (C=O) groups excluding carboxylic acids is 2. The Morgan fingerprint density at radius 3 is 2.68 bits per heavy atom. The molecule has 2 amide bonds. The van der Waals surface area contributed by atoms with E-state index >= 15 is 0 Å². The van der Waals surface area contributed by atoms with Crippen LogP contribution in [0.2, 0.25) is 5.15 Å². The number of hydrogen-bond acceptors (Lipinski definition) is 4. The molecule has 9 heteroatoms. The maximum atomic E-state index is 14.4. The molecule has 1 aliphatic heterocycles. The molecular weight excluding hydrogens is 351 g/mol. The molecule has 2 N–H and O–H groups in total. The lowest BCUT2D eigenvalue weighted by molar-refractivity contribution is 0.00969. The summed E-state index contributed by atoms with van der Waals surface area (Å²) < 4.78 is 19.6. The number of imidazole rings is 1. The largest absolute Gasteiger partial charge is 0.444 e. The van der Waals surface area contributed by atoms with Crippen LogP contribution in [0.15, 0.2) is 0 Å². The summed E-state index contributed by atoms with van der Waals surface area (Å²) in [5.74, 6) is -0.455. The number of likely N-dealkylation sites (tertiary alicyclic amines) is 1. The molecule has 1 fully saturated rings. The molecule has 2 rings (SSSR count). The Labute approximate surface area is 151 Å². The third kappa shape index (κ3) is 5.07.